The van der Waals surface area contributed by atoms with Crippen LogP contribution >= 0.6 is 0 Å². The van der Waals surface area contributed by atoms with E-state index in [-0.39, 0.29) is 23.5 Å². The van der Waals surface area contributed by atoms with Crippen LogP contribution in [0.2, 0.25) is 0 Å². The van der Waals surface area contributed by atoms with Crippen LogP contribution in [0.4, 0.5) is 10.1 Å². The van der Waals surface area contributed by atoms with E-state index in [4.69, 9.17) is 0 Å². The molecule has 2 aliphatic rings. The normalized spacial score (nSPS) is 19.3. The minimum absolute atomic E-state index is 0.0621. The number of benzene rings is 1. The van der Waals surface area contributed by atoms with Crippen molar-refractivity contribution in [2.24, 2.45) is 5.92 Å². The second-order valence-electron chi connectivity index (χ2n) is 7.98. The van der Waals surface area contributed by atoms with Gasteiger partial charge in [-0.25, -0.2) is 4.39 Å². The first kappa shape index (κ1) is 19.6. The summed E-state index contributed by atoms with van der Waals surface area (Å²) in [5.41, 5.74) is 2.14. The molecule has 0 atom stereocenters. The average Bonchev–Trinajstić information content (AvgIpc) is 2.67. The number of rotatable bonds is 3. The van der Waals surface area contributed by atoms with Crippen LogP contribution in [0.5, 0.6) is 0 Å². The summed E-state index contributed by atoms with van der Waals surface area (Å²) in [5.74, 6) is 0.497. The van der Waals surface area contributed by atoms with E-state index in [9.17, 15) is 14.0 Å². The molecule has 0 saturated carbocycles. The predicted molar refractivity (Wildman–Crippen MR) is 104 cm³/mol. The zero-order chi connectivity index (χ0) is 19.6. The Hall–Kier alpha value is -2.11. The zero-order valence-corrected chi connectivity index (χ0v) is 16.6. The van der Waals surface area contributed by atoms with Crippen LogP contribution in [-0.4, -0.2) is 61.9 Å². The van der Waals surface area contributed by atoms with Gasteiger partial charge in [0.05, 0.1) is 0 Å². The van der Waals surface area contributed by atoms with E-state index in [1.54, 1.807) is 38.1 Å². The molecule has 0 radical (unpaired) electrons. The number of carbonyl (C=O) groups is 2. The maximum Gasteiger partial charge on any atom is 0.225 e. The first-order valence-electron chi connectivity index (χ1n) is 9.88. The summed E-state index contributed by atoms with van der Waals surface area (Å²) in [6.07, 6.45) is 3.42. The molecule has 3 rings (SSSR count). The van der Waals surface area contributed by atoms with E-state index in [2.05, 4.69) is 4.90 Å². The van der Waals surface area contributed by atoms with Crippen molar-refractivity contribution in [3.63, 3.8) is 0 Å². The summed E-state index contributed by atoms with van der Waals surface area (Å²) in [5, 5.41) is 0. The highest BCUT2D eigenvalue weighted by Crippen LogP contribution is 2.37. The fourth-order valence-electron chi connectivity index (χ4n) is 4.37. The van der Waals surface area contributed by atoms with Crippen LogP contribution in [0.3, 0.4) is 0 Å². The van der Waals surface area contributed by atoms with Gasteiger partial charge < -0.3 is 14.7 Å². The molecule has 27 heavy (non-hydrogen) atoms. The van der Waals surface area contributed by atoms with Crippen molar-refractivity contribution in [2.75, 3.05) is 45.2 Å². The van der Waals surface area contributed by atoms with E-state index in [1.807, 2.05) is 11.0 Å². The van der Waals surface area contributed by atoms with Gasteiger partial charge in [0.25, 0.3) is 0 Å². The van der Waals surface area contributed by atoms with Crippen LogP contribution in [0.25, 0.3) is 0 Å². The van der Waals surface area contributed by atoms with Gasteiger partial charge in [-0.2, -0.15) is 0 Å². The molecule has 2 saturated heterocycles. The molecular weight excluding hydrogens is 345 g/mol. The predicted octanol–water partition coefficient (Wildman–Crippen LogP) is 2.86. The van der Waals surface area contributed by atoms with E-state index in [0.717, 1.165) is 57.5 Å². The number of anilines is 1. The number of likely N-dealkylation sites (tertiary alicyclic amines) is 1. The Kier molecular flexibility index (Phi) is 6.02. The van der Waals surface area contributed by atoms with E-state index in [1.165, 1.54) is 5.56 Å². The smallest absolute Gasteiger partial charge is 0.225 e. The molecule has 5 nitrogen and oxygen atoms in total. The number of amides is 2. The van der Waals surface area contributed by atoms with Crippen LogP contribution < -0.4 is 4.90 Å². The Morgan fingerprint density at radius 3 is 2.22 bits per heavy atom. The standard InChI is InChI=1S/C21H30FN3O2/c1-15(26)24-10-6-16(7-11-24)19-5-4-18(22)14-20(19)25-12-8-17(9-13-25)21(27)23(2)3/h4-5,14,16-17H,6-13H2,1-3H3. The molecule has 148 valence electrons. The largest absolute Gasteiger partial charge is 0.371 e. The third-order valence-corrected chi connectivity index (χ3v) is 6.00. The molecular formula is C21H30FN3O2. The molecule has 0 aliphatic carbocycles. The first-order chi connectivity index (χ1) is 12.9. The van der Waals surface area contributed by atoms with Crippen molar-refractivity contribution in [2.45, 2.75) is 38.5 Å². The lowest BCUT2D eigenvalue weighted by Gasteiger charge is -2.37. The average molecular weight is 375 g/mol. The lowest BCUT2D eigenvalue weighted by molar-refractivity contribution is -0.133. The second-order valence-corrected chi connectivity index (χ2v) is 7.98. The summed E-state index contributed by atoms with van der Waals surface area (Å²) >= 11 is 0. The molecule has 0 aromatic heterocycles. The Morgan fingerprint density at radius 1 is 1.04 bits per heavy atom. The number of carbonyl (C=O) groups excluding carboxylic acids is 2. The molecule has 1 aromatic rings. The second kappa shape index (κ2) is 8.28. The van der Waals surface area contributed by atoms with Crippen LogP contribution in [0, 0.1) is 11.7 Å². The molecule has 6 heteroatoms. The Bertz CT molecular complexity index is 691. The number of hydrogen-bond donors (Lipinski definition) is 0. The van der Waals surface area contributed by atoms with Crippen molar-refractivity contribution in [1.29, 1.82) is 0 Å². The molecule has 0 N–H and O–H groups in total. The monoisotopic (exact) mass is 375 g/mol. The Morgan fingerprint density at radius 2 is 1.67 bits per heavy atom. The number of hydrogen-bond acceptors (Lipinski definition) is 3. The van der Waals surface area contributed by atoms with E-state index < -0.39 is 0 Å². The third kappa shape index (κ3) is 4.42. The topological polar surface area (TPSA) is 43.9 Å². The molecule has 1 aromatic carbocycles. The van der Waals surface area contributed by atoms with Gasteiger partial charge in [0.1, 0.15) is 5.82 Å². The zero-order valence-electron chi connectivity index (χ0n) is 16.6. The molecule has 2 heterocycles. The summed E-state index contributed by atoms with van der Waals surface area (Å²) in [6, 6.07) is 5.09. The van der Waals surface area contributed by atoms with Crippen LogP contribution in [-0.2, 0) is 9.59 Å². The summed E-state index contributed by atoms with van der Waals surface area (Å²) in [6.45, 7) is 4.68. The minimum Gasteiger partial charge on any atom is -0.371 e. The minimum atomic E-state index is -0.221. The van der Waals surface area contributed by atoms with Gasteiger partial charge in [0.15, 0.2) is 0 Å². The van der Waals surface area contributed by atoms with Gasteiger partial charge in [-0.1, -0.05) is 6.07 Å². The Balaban J connectivity index is 1.72. The highest BCUT2D eigenvalue weighted by molar-refractivity contribution is 5.78. The molecule has 0 spiro atoms. The van der Waals surface area contributed by atoms with Gasteiger partial charge in [-0.3, -0.25) is 9.59 Å². The summed E-state index contributed by atoms with van der Waals surface area (Å²) in [4.78, 5) is 29.6. The highest BCUT2D eigenvalue weighted by Gasteiger charge is 2.29. The maximum atomic E-state index is 14.0. The van der Waals surface area contributed by atoms with Crippen molar-refractivity contribution >= 4 is 17.5 Å². The van der Waals surface area contributed by atoms with Crippen molar-refractivity contribution in [3.05, 3.63) is 29.6 Å². The van der Waals surface area contributed by atoms with Gasteiger partial charge in [-0.15, -0.1) is 0 Å². The molecule has 2 amide bonds. The van der Waals surface area contributed by atoms with Crippen LogP contribution in [0.1, 0.15) is 44.1 Å². The summed E-state index contributed by atoms with van der Waals surface area (Å²) in [7, 11) is 3.60. The number of halogens is 1. The first-order valence-corrected chi connectivity index (χ1v) is 9.88. The van der Waals surface area contributed by atoms with Gasteiger partial charge >= 0.3 is 0 Å². The van der Waals surface area contributed by atoms with E-state index >= 15 is 0 Å². The van der Waals surface area contributed by atoms with Crippen LogP contribution in [0.15, 0.2) is 18.2 Å². The fourth-order valence-corrected chi connectivity index (χ4v) is 4.37. The van der Waals surface area contributed by atoms with Gasteiger partial charge in [-0.05, 0) is 49.3 Å². The molecule has 0 bridgehead atoms. The SMILES string of the molecule is CC(=O)N1CCC(c2ccc(F)cc2N2CCC(C(=O)N(C)C)CC2)CC1. The number of nitrogens with zero attached hydrogens (tertiary/aromatic N) is 3. The maximum absolute atomic E-state index is 14.0. The molecule has 2 aliphatic heterocycles. The molecule has 2 fully saturated rings. The number of piperidine rings is 2. The fraction of sp³-hybridized carbons (Fsp3) is 0.619. The van der Waals surface area contributed by atoms with Crippen molar-refractivity contribution in [3.8, 4) is 0 Å². The summed E-state index contributed by atoms with van der Waals surface area (Å²) < 4.78 is 14.0. The lowest BCUT2D eigenvalue weighted by atomic mass is 9.87. The van der Waals surface area contributed by atoms with Crippen molar-refractivity contribution in [1.82, 2.24) is 9.80 Å². The highest BCUT2D eigenvalue weighted by atomic mass is 19.1. The molecule has 0 unspecified atom stereocenters. The quantitative estimate of drug-likeness (QED) is 0.816. The van der Waals surface area contributed by atoms with Gasteiger partial charge in [0, 0.05) is 58.8 Å². The lowest BCUT2D eigenvalue weighted by Crippen LogP contribution is -2.41. The van der Waals surface area contributed by atoms with E-state index in [0.29, 0.717) is 5.92 Å². The van der Waals surface area contributed by atoms with Crippen molar-refractivity contribution < 1.29 is 14.0 Å². The Labute approximate surface area is 161 Å². The third-order valence-electron chi connectivity index (χ3n) is 6.00. The van der Waals surface area contributed by atoms with Gasteiger partial charge in [0.2, 0.25) is 11.8 Å².